The van der Waals surface area contributed by atoms with Crippen LogP contribution < -0.4 is 10.7 Å². The normalized spacial score (nSPS) is 20.9. The fourth-order valence-corrected chi connectivity index (χ4v) is 4.16. The third-order valence-electron chi connectivity index (χ3n) is 5.59. The average molecular weight is 404 g/mol. The molecule has 3 amide bonds. The monoisotopic (exact) mass is 404 g/mol. The SMILES string of the molecule is O=CN(O)C[C@@H](CC1CCCC1)C(=O)N1NCCC[C@H]1C(=O)Nc1ccncn1. The third kappa shape index (κ3) is 5.70. The van der Waals surface area contributed by atoms with E-state index in [2.05, 4.69) is 20.7 Å². The molecule has 1 saturated carbocycles. The van der Waals surface area contributed by atoms with Gasteiger partial charge in [0.2, 0.25) is 18.2 Å². The summed E-state index contributed by atoms with van der Waals surface area (Å²) in [6, 6.07) is 0.886. The van der Waals surface area contributed by atoms with E-state index in [1.165, 1.54) is 17.5 Å². The molecule has 10 nitrogen and oxygen atoms in total. The van der Waals surface area contributed by atoms with Gasteiger partial charge in [-0.3, -0.25) is 24.6 Å². The van der Waals surface area contributed by atoms with Gasteiger partial charge >= 0.3 is 0 Å². The van der Waals surface area contributed by atoms with Crippen molar-refractivity contribution >= 4 is 24.0 Å². The number of anilines is 1. The Bertz CT molecular complexity index is 697. The minimum Gasteiger partial charge on any atom is -0.309 e. The molecule has 1 aliphatic heterocycles. The number of amides is 3. The lowest BCUT2D eigenvalue weighted by Crippen LogP contribution is -2.59. The van der Waals surface area contributed by atoms with Crippen molar-refractivity contribution in [2.75, 3.05) is 18.4 Å². The Hall–Kier alpha value is -2.59. The molecule has 1 aliphatic carbocycles. The molecule has 0 spiro atoms. The number of hydrogen-bond acceptors (Lipinski definition) is 7. The number of rotatable bonds is 8. The van der Waals surface area contributed by atoms with Gasteiger partial charge in [-0.2, -0.15) is 0 Å². The van der Waals surface area contributed by atoms with E-state index in [0.29, 0.717) is 42.6 Å². The average Bonchev–Trinajstić information content (AvgIpc) is 3.26. The number of carbonyl (C=O) groups excluding carboxylic acids is 3. The summed E-state index contributed by atoms with van der Waals surface area (Å²) in [5.41, 5.74) is 3.03. The number of hydroxylamine groups is 2. The molecule has 0 radical (unpaired) electrons. The molecule has 2 heterocycles. The topological polar surface area (TPSA) is 128 Å². The Morgan fingerprint density at radius 3 is 2.83 bits per heavy atom. The third-order valence-corrected chi connectivity index (χ3v) is 5.59. The van der Waals surface area contributed by atoms with Gasteiger partial charge in [-0.15, -0.1) is 0 Å². The molecule has 0 aromatic carbocycles. The smallest absolute Gasteiger partial charge is 0.249 e. The van der Waals surface area contributed by atoms with Crippen LogP contribution in [-0.4, -0.2) is 62.6 Å². The van der Waals surface area contributed by atoms with Crippen molar-refractivity contribution in [1.82, 2.24) is 25.5 Å². The second-order valence-electron chi connectivity index (χ2n) is 7.67. The van der Waals surface area contributed by atoms with E-state index < -0.39 is 12.0 Å². The van der Waals surface area contributed by atoms with Crippen molar-refractivity contribution in [2.24, 2.45) is 11.8 Å². The number of aromatic nitrogens is 2. The molecule has 3 rings (SSSR count). The molecular formula is C19H28N6O4. The number of carbonyl (C=O) groups is 3. The van der Waals surface area contributed by atoms with Crippen LogP contribution in [-0.2, 0) is 14.4 Å². The van der Waals surface area contributed by atoms with Gasteiger partial charge in [0, 0.05) is 12.7 Å². The van der Waals surface area contributed by atoms with Gasteiger partial charge < -0.3 is 5.32 Å². The predicted molar refractivity (Wildman–Crippen MR) is 103 cm³/mol. The van der Waals surface area contributed by atoms with Crippen LogP contribution in [0.25, 0.3) is 0 Å². The molecule has 158 valence electrons. The first-order valence-electron chi connectivity index (χ1n) is 10.1. The van der Waals surface area contributed by atoms with E-state index >= 15 is 0 Å². The van der Waals surface area contributed by atoms with Crippen molar-refractivity contribution in [1.29, 1.82) is 0 Å². The summed E-state index contributed by atoms with van der Waals surface area (Å²) < 4.78 is 0. The van der Waals surface area contributed by atoms with Crippen LogP contribution >= 0.6 is 0 Å². The molecule has 2 aliphatic rings. The van der Waals surface area contributed by atoms with Crippen LogP contribution in [0.3, 0.4) is 0 Å². The van der Waals surface area contributed by atoms with E-state index in [-0.39, 0.29) is 18.4 Å². The highest BCUT2D eigenvalue weighted by Crippen LogP contribution is 2.31. The zero-order valence-electron chi connectivity index (χ0n) is 16.4. The van der Waals surface area contributed by atoms with Crippen molar-refractivity contribution in [3.05, 3.63) is 18.6 Å². The Kier molecular flexibility index (Phi) is 7.48. The van der Waals surface area contributed by atoms with Crippen LogP contribution in [0.15, 0.2) is 18.6 Å². The number of hydrogen-bond donors (Lipinski definition) is 3. The highest BCUT2D eigenvalue weighted by molar-refractivity contribution is 5.96. The Morgan fingerprint density at radius 2 is 2.14 bits per heavy atom. The molecule has 0 unspecified atom stereocenters. The summed E-state index contributed by atoms with van der Waals surface area (Å²) in [4.78, 5) is 44.8. The molecule has 2 fully saturated rings. The standard InChI is InChI=1S/C19H28N6O4/c26-13-24(29)11-15(10-14-4-1-2-5-14)19(28)25-16(6-3-8-22-25)18(27)23-17-7-9-20-12-21-17/h7,9,12-16,22,29H,1-6,8,10-11H2,(H,20,21,23,27)/t15-,16+/m1/s1. The lowest BCUT2D eigenvalue weighted by Gasteiger charge is -2.37. The number of nitrogens with one attached hydrogen (secondary N) is 2. The number of hydrazine groups is 1. The zero-order chi connectivity index (χ0) is 20.6. The summed E-state index contributed by atoms with van der Waals surface area (Å²) >= 11 is 0. The van der Waals surface area contributed by atoms with E-state index in [9.17, 15) is 19.6 Å². The van der Waals surface area contributed by atoms with Crippen LogP contribution in [0.5, 0.6) is 0 Å². The maximum atomic E-state index is 13.3. The second-order valence-corrected chi connectivity index (χ2v) is 7.67. The maximum absolute atomic E-state index is 13.3. The summed E-state index contributed by atoms with van der Waals surface area (Å²) in [5, 5.41) is 14.3. The molecular weight excluding hydrogens is 376 g/mol. The lowest BCUT2D eigenvalue weighted by molar-refractivity contribution is -0.161. The highest BCUT2D eigenvalue weighted by atomic mass is 16.5. The van der Waals surface area contributed by atoms with Gasteiger partial charge in [-0.05, 0) is 31.2 Å². The van der Waals surface area contributed by atoms with Crippen LogP contribution in [0.4, 0.5) is 5.82 Å². The molecule has 10 heteroatoms. The van der Waals surface area contributed by atoms with Crippen LogP contribution in [0, 0.1) is 11.8 Å². The van der Waals surface area contributed by atoms with Gasteiger partial charge in [-0.25, -0.2) is 20.5 Å². The van der Waals surface area contributed by atoms with Crippen LogP contribution in [0.1, 0.15) is 44.9 Å². The van der Waals surface area contributed by atoms with Crippen LogP contribution in [0.2, 0.25) is 0 Å². The Labute approximate surface area is 169 Å². The minimum absolute atomic E-state index is 0.0860. The fourth-order valence-electron chi connectivity index (χ4n) is 4.16. The summed E-state index contributed by atoms with van der Waals surface area (Å²) in [6.45, 7) is 0.493. The molecule has 0 bridgehead atoms. The summed E-state index contributed by atoms with van der Waals surface area (Å²) in [6.07, 6.45) is 9.37. The Balaban J connectivity index is 1.72. The van der Waals surface area contributed by atoms with Crippen molar-refractivity contribution < 1.29 is 19.6 Å². The second kappa shape index (κ2) is 10.3. The molecule has 2 atom stereocenters. The Morgan fingerprint density at radius 1 is 1.34 bits per heavy atom. The van der Waals surface area contributed by atoms with E-state index in [1.807, 2.05) is 0 Å². The lowest BCUT2D eigenvalue weighted by atomic mass is 9.91. The van der Waals surface area contributed by atoms with Gasteiger partial charge in [0.25, 0.3) is 0 Å². The first kappa shape index (κ1) is 21.1. The first-order chi connectivity index (χ1) is 14.1. The summed E-state index contributed by atoms with van der Waals surface area (Å²) in [5.74, 6) is -0.427. The van der Waals surface area contributed by atoms with Gasteiger partial charge in [0.15, 0.2) is 0 Å². The van der Waals surface area contributed by atoms with Crippen molar-refractivity contribution in [3.63, 3.8) is 0 Å². The van der Waals surface area contributed by atoms with E-state index in [0.717, 1.165) is 32.1 Å². The largest absolute Gasteiger partial charge is 0.309 e. The molecule has 1 aromatic rings. The van der Waals surface area contributed by atoms with Gasteiger partial charge in [0.05, 0.1) is 12.5 Å². The van der Waals surface area contributed by atoms with Gasteiger partial charge in [0.1, 0.15) is 18.2 Å². The highest BCUT2D eigenvalue weighted by Gasteiger charge is 2.37. The quantitative estimate of drug-likeness (QED) is 0.334. The first-order valence-corrected chi connectivity index (χ1v) is 10.1. The summed E-state index contributed by atoms with van der Waals surface area (Å²) in [7, 11) is 0. The van der Waals surface area contributed by atoms with Gasteiger partial charge in [-0.1, -0.05) is 25.7 Å². The minimum atomic E-state index is -0.694. The predicted octanol–water partition coefficient (Wildman–Crippen LogP) is 0.955. The molecule has 3 N–H and O–H groups in total. The maximum Gasteiger partial charge on any atom is 0.249 e. The van der Waals surface area contributed by atoms with E-state index in [4.69, 9.17) is 0 Å². The van der Waals surface area contributed by atoms with Crippen molar-refractivity contribution in [3.8, 4) is 0 Å². The number of nitrogens with zero attached hydrogens (tertiary/aromatic N) is 4. The van der Waals surface area contributed by atoms with E-state index in [1.54, 1.807) is 6.07 Å². The zero-order valence-corrected chi connectivity index (χ0v) is 16.4. The molecule has 1 aromatic heterocycles. The molecule has 29 heavy (non-hydrogen) atoms. The van der Waals surface area contributed by atoms with Crippen molar-refractivity contribution in [2.45, 2.75) is 51.0 Å². The molecule has 1 saturated heterocycles. The fraction of sp³-hybridized carbons (Fsp3) is 0.632.